The molecule has 0 spiro atoms. The van der Waals surface area contributed by atoms with E-state index in [0.29, 0.717) is 13.1 Å². The van der Waals surface area contributed by atoms with Crippen molar-refractivity contribution >= 4 is 11.6 Å². The van der Waals surface area contributed by atoms with Gasteiger partial charge in [0.25, 0.3) is 0 Å². The van der Waals surface area contributed by atoms with Crippen LogP contribution in [0.25, 0.3) is 0 Å². The summed E-state index contributed by atoms with van der Waals surface area (Å²) < 4.78 is 0. The number of aryl methyl sites for hydroxylation is 1. The summed E-state index contributed by atoms with van der Waals surface area (Å²) >= 11 is 0. The average Bonchev–Trinajstić information content (AvgIpc) is 2.34. The Labute approximate surface area is 116 Å². The molecule has 0 aliphatic rings. The van der Waals surface area contributed by atoms with Crippen LogP contribution in [0.4, 0.5) is 5.69 Å². The number of carbonyl (C=O) groups is 1. The van der Waals surface area contributed by atoms with Gasteiger partial charge in [-0.1, -0.05) is 18.2 Å². The maximum atomic E-state index is 11.9. The molecule has 3 N–H and O–H groups in total. The van der Waals surface area contributed by atoms with Crippen LogP contribution in [0, 0.1) is 6.92 Å². The second-order valence-corrected chi connectivity index (χ2v) is 5.07. The third-order valence-corrected chi connectivity index (χ3v) is 2.87. The van der Waals surface area contributed by atoms with Crippen molar-refractivity contribution in [1.29, 1.82) is 0 Å². The van der Waals surface area contributed by atoms with Crippen LogP contribution in [-0.4, -0.2) is 31.6 Å². The molecule has 0 bridgehead atoms. The first kappa shape index (κ1) is 15.5. The Balaban J connectivity index is 2.77. The lowest BCUT2D eigenvalue weighted by Crippen LogP contribution is -2.41. The van der Waals surface area contributed by atoms with Gasteiger partial charge in [0.05, 0.1) is 6.54 Å². The van der Waals surface area contributed by atoms with E-state index in [1.807, 2.05) is 26.0 Å². The number of nitrogens with zero attached hydrogens (tertiary/aromatic N) is 1. The number of amides is 1. The van der Waals surface area contributed by atoms with Crippen molar-refractivity contribution < 1.29 is 4.79 Å². The van der Waals surface area contributed by atoms with E-state index in [9.17, 15) is 4.79 Å². The molecule has 0 saturated heterocycles. The van der Waals surface area contributed by atoms with E-state index in [2.05, 4.69) is 29.3 Å². The zero-order valence-corrected chi connectivity index (χ0v) is 12.1. The first-order valence-electron chi connectivity index (χ1n) is 6.84. The van der Waals surface area contributed by atoms with Gasteiger partial charge in [0.15, 0.2) is 0 Å². The Hall–Kier alpha value is -1.55. The number of carbonyl (C=O) groups excluding carboxylic acids is 1. The number of rotatable bonds is 7. The molecule has 0 heterocycles. The molecule has 1 rings (SSSR count). The second kappa shape index (κ2) is 7.79. The molecule has 0 radical (unpaired) electrons. The van der Waals surface area contributed by atoms with Crippen LogP contribution in [0.5, 0.6) is 0 Å². The van der Waals surface area contributed by atoms with Gasteiger partial charge >= 0.3 is 0 Å². The SMILES string of the molecule is Cc1ccccc1N(CCCN)CC(=O)NC(C)C. The lowest BCUT2D eigenvalue weighted by Gasteiger charge is -2.26. The fourth-order valence-corrected chi connectivity index (χ4v) is 2.03. The largest absolute Gasteiger partial charge is 0.362 e. The maximum absolute atomic E-state index is 11.9. The van der Waals surface area contributed by atoms with Crippen LogP contribution in [-0.2, 0) is 4.79 Å². The third-order valence-electron chi connectivity index (χ3n) is 2.87. The van der Waals surface area contributed by atoms with E-state index in [1.165, 1.54) is 5.56 Å². The molecule has 1 aromatic carbocycles. The molecule has 4 heteroatoms. The van der Waals surface area contributed by atoms with E-state index in [-0.39, 0.29) is 11.9 Å². The van der Waals surface area contributed by atoms with Crippen LogP contribution >= 0.6 is 0 Å². The smallest absolute Gasteiger partial charge is 0.239 e. The monoisotopic (exact) mass is 263 g/mol. The normalized spacial score (nSPS) is 10.6. The molecule has 1 amide bonds. The van der Waals surface area contributed by atoms with Crippen molar-refractivity contribution in [2.24, 2.45) is 5.73 Å². The zero-order chi connectivity index (χ0) is 14.3. The molecule has 0 saturated carbocycles. The molecule has 0 fully saturated rings. The topological polar surface area (TPSA) is 58.4 Å². The second-order valence-electron chi connectivity index (χ2n) is 5.07. The van der Waals surface area contributed by atoms with Gasteiger partial charge in [-0.15, -0.1) is 0 Å². The van der Waals surface area contributed by atoms with Crippen LogP contribution in [0.2, 0.25) is 0 Å². The standard InChI is InChI=1S/C15H25N3O/c1-12(2)17-15(19)11-18(10-6-9-16)14-8-5-4-7-13(14)3/h4-5,7-8,12H,6,9-11,16H2,1-3H3,(H,17,19). The van der Waals surface area contributed by atoms with E-state index in [0.717, 1.165) is 18.7 Å². The lowest BCUT2D eigenvalue weighted by molar-refractivity contribution is -0.120. The summed E-state index contributed by atoms with van der Waals surface area (Å²) in [7, 11) is 0. The van der Waals surface area contributed by atoms with Crippen molar-refractivity contribution in [1.82, 2.24) is 5.32 Å². The first-order chi connectivity index (χ1) is 9.04. The molecular weight excluding hydrogens is 238 g/mol. The van der Waals surface area contributed by atoms with Crippen LogP contribution < -0.4 is 16.0 Å². The van der Waals surface area contributed by atoms with E-state index in [1.54, 1.807) is 0 Å². The number of hydrogen-bond donors (Lipinski definition) is 2. The molecule has 0 unspecified atom stereocenters. The number of para-hydroxylation sites is 1. The highest BCUT2D eigenvalue weighted by Crippen LogP contribution is 2.19. The van der Waals surface area contributed by atoms with Gasteiger partial charge < -0.3 is 16.0 Å². The summed E-state index contributed by atoms with van der Waals surface area (Å²) in [5, 5.41) is 2.93. The quantitative estimate of drug-likeness (QED) is 0.787. The minimum atomic E-state index is 0.0512. The van der Waals surface area contributed by atoms with Gasteiger partial charge in [0, 0.05) is 18.3 Å². The van der Waals surface area contributed by atoms with Crippen molar-refractivity contribution in [3.05, 3.63) is 29.8 Å². The third kappa shape index (κ3) is 5.30. The lowest BCUT2D eigenvalue weighted by atomic mass is 10.1. The van der Waals surface area contributed by atoms with Crippen molar-refractivity contribution in [2.45, 2.75) is 33.2 Å². The van der Waals surface area contributed by atoms with E-state index in [4.69, 9.17) is 5.73 Å². The van der Waals surface area contributed by atoms with Crippen molar-refractivity contribution in [3.63, 3.8) is 0 Å². The molecule has 106 valence electrons. The van der Waals surface area contributed by atoms with Gasteiger partial charge in [-0.3, -0.25) is 4.79 Å². The van der Waals surface area contributed by atoms with Gasteiger partial charge in [0.2, 0.25) is 5.91 Å². The molecule has 0 aromatic heterocycles. The van der Waals surface area contributed by atoms with Crippen molar-refractivity contribution in [2.75, 3.05) is 24.5 Å². The molecule has 19 heavy (non-hydrogen) atoms. The molecule has 4 nitrogen and oxygen atoms in total. The Morgan fingerprint density at radius 1 is 1.37 bits per heavy atom. The summed E-state index contributed by atoms with van der Waals surface area (Å²) in [6.45, 7) is 7.81. The number of hydrogen-bond acceptors (Lipinski definition) is 3. The number of anilines is 1. The Kier molecular flexibility index (Phi) is 6.36. The first-order valence-corrected chi connectivity index (χ1v) is 6.84. The van der Waals surface area contributed by atoms with E-state index >= 15 is 0 Å². The highest BCUT2D eigenvalue weighted by molar-refractivity contribution is 5.81. The van der Waals surface area contributed by atoms with Crippen LogP contribution in [0.1, 0.15) is 25.8 Å². The fourth-order valence-electron chi connectivity index (χ4n) is 2.03. The highest BCUT2D eigenvalue weighted by Gasteiger charge is 2.13. The van der Waals surface area contributed by atoms with Gasteiger partial charge in [-0.25, -0.2) is 0 Å². The molecule has 0 aliphatic carbocycles. The Bertz CT molecular complexity index is 404. The molecule has 1 aromatic rings. The Morgan fingerprint density at radius 2 is 2.05 bits per heavy atom. The maximum Gasteiger partial charge on any atom is 0.239 e. The summed E-state index contributed by atoms with van der Waals surface area (Å²) in [5.41, 5.74) is 7.86. The minimum absolute atomic E-state index is 0.0512. The van der Waals surface area contributed by atoms with Gasteiger partial charge in [-0.05, 0) is 45.4 Å². The predicted octanol–water partition coefficient (Wildman–Crippen LogP) is 1.67. The molecular formula is C15H25N3O. The van der Waals surface area contributed by atoms with Crippen molar-refractivity contribution in [3.8, 4) is 0 Å². The van der Waals surface area contributed by atoms with Gasteiger partial charge in [0.1, 0.15) is 0 Å². The van der Waals surface area contributed by atoms with E-state index < -0.39 is 0 Å². The van der Waals surface area contributed by atoms with Gasteiger partial charge in [-0.2, -0.15) is 0 Å². The zero-order valence-electron chi connectivity index (χ0n) is 12.1. The number of nitrogens with one attached hydrogen (secondary N) is 1. The number of benzene rings is 1. The number of nitrogens with two attached hydrogens (primary N) is 1. The fraction of sp³-hybridized carbons (Fsp3) is 0.533. The van der Waals surface area contributed by atoms with Crippen LogP contribution in [0.3, 0.4) is 0 Å². The highest BCUT2D eigenvalue weighted by atomic mass is 16.2. The summed E-state index contributed by atoms with van der Waals surface area (Å²) in [4.78, 5) is 14.0. The average molecular weight is 263 g/mol. The van der Waals surface area contributed by atoms with Crippen LogP contribution in [0.15, 0.2) is 24.3 Å². The summed E-state index contributed by atoms with van der Waals surface area (Å²) in [5.74, 6) is 0.0512. The summed E-state index contributed by atoms with van der Waals surface area (Å²) in [6.07, 6.45) is 0.878. The Morgan fingerprint density at radius 3 is 2.63 bits per heavy atom. The summed E-state index contributed by atoms with van der Waals surface area (Å²) in [6, 6.07) is 8.28. The molecule has 0 aliphatic heterocycles. The predicted molar refractivity (Wildman–Crippen MR) is 80.3 cm³/mol. The molecule has 0 atom stereocenters. The minimum Gasteiger partial charge on any atom is -0.362 e.